The lowest BCUT2D eigenvalue weighted by Gasteiger charge is -2.06. The van der Waals surface area contributed by atoms with E-state index in [9.17, 15) is 13.0 Å². The van der Waals surface area contributed by atoms with Gasteiger partial charge in [0.15, 0.2) is 0 Å². The second kappa shape index (κ2) is 4.74. The molecule has 0 aliphatic rings. The molecule has 0 aromatic heterocycles. The summed E-state index contributed by atoms with van der Waals surface area (Å²) in [5, 5.41) is 1.68. The van der Waals surface area contributed by atoms with Crippen LogP contribution in [0.1, 0.15) is 5.56 Å². The molecule has 0 saturated carbocycles. The van der Waals surface area contributed by atoms with Crippen molar-refractivity contribution in [3.8, 4) is 0 Å². The van der Waals surface area contributed by atoms with Gasteiger partial charge >= 0.3 is 0 Å². The molecule has 0 aliphatic carbocycles. The van der Waals surface area contributed by atoms with Crippen LogP contribution in [0.15, 0.2) is 29.7 Å². The molecule has 0 bridgehead atoms. The SMILES string of the molecule is CP(C)(=O)c1ccc(/C=C/S(=O)(=O)Cl)cc1. The molecule has 0 heterocycles. The Morgan fingerprint density at radius 2 is 1.69 bits per heavy atom. The van der Waals surface area contributed by atoms with Gasteiger partial charge in [-0.2, -0.15) is 0 Å². The molecule has 0 saturated heterocycles. The molecule has 88 valence electrons. The lowest BCUT2D eigenvalue weighted by atomic mass is 10.2. The summed E-state index contributed by atoms with van der Waals surface area (Å²) in [5.41, 5.74) is 0.696. The van der Waals surface area contributed by atoms with Crippen LogP contribution >= 0.6 is 17.8 Å². The summed E-state index contributed by atoms with van der Waals surface area (Å²) < 4.78 is 33.0. The van der Waals surface area contributed by atoms with E-state index in [4.69, 9.17) is 10.7 Å². The molecule has 0 radical (unpaired) electrons. The molecule has 0 unspecified atom stereocenters. The van der Waals surface area contributed by atoms with Crippen LogP contribution in [0.5, 0.6) is 0 Å². The Kier molecular flexibility index (Phi) is 4.00. The van der Waals surface area contributed by atoms with Crippen LogP contribution < -0.4 is 5.30 Å². The molecular weight excluding hydrogens is 267 g/mol. The van der Waals surface area contributed by atoms with Gasteiger partial charge < -0.3 is 4.57 Å². The van der Waals surface area contributed by atoms with E-state index in [-0.39, 0.29) is 0 Å². The van der Waals surface area contributed by atoms with Crippen LogP contribution in [0.25, 0.3) is 6.08 Å². The molecule has 0 atom stereocenters. The van der Waals surface area contributed by atoms with E-state index in [1.807, 2.05) is 0 Å². The van der Waals surface area contributed by atoms with E-state index in [2.05, 4.69) is 0 Å². The van der Waals surface area contributed by atoms with E-state index < -0.39 is 16.2 Å². The van der Waals surface area contributed by atoms with Crippen LogP contribution in [0.3, 0.4) is 0 Å². The molecule has 3 nitrogen and oxygen atoms in total. The van der Waals surface area contributed by atoms with Gasteiger partial charge in [-0.3, -0.25) is 0 Å². The van der Waals surface area contributed by atoms with Crippen molar-refractivity contribution in [2.24, 2.45) is 0 Å². The highest BCUT2D eigenvalue weighted by Crippen LogP contribution is 2.34. The molecule has 1 aromatic rings. The fraction of sp³-hybridized carbons (Fsp3) is 0.200. The minimum atomic E-state index is -3.62. The first-order valence-corrected chi connectivity index (χ1v) is 9.44. The third kappa shape index (κ3) is 4.52. The maximum absolute atomic E-state index is 11.7. The van der Waals surface area contributed by atoms with Gasteiger partial charge in [-0.25, -0.2) is 8.42 Å². The lowest BCUT2D eigenvalue weighted by Crippen LogP contribution is -2.01. The smallest absolute Gasteiger partial charge is 0.254 e. The molecule has 1 aromatic carbocycles. The number of hydrogen-bond acceptors (Lipinski definition) is 3. The van der Waals surface area contributed by atoms with Crippen molar-refractivity contribution in [1.29, 1.82) is 0 Å². The number of rotatable bonds is 3. The summed E-state index contributed by atoms with van der Waals surface area (Å²) >= 11 is 0. The van der Waals surface area contributed by atoms with Crippen LogP contribution in [0.4, 0.5) is 0 Å². The van der Waals surface area contributed by atoms with Crippen molar-refractivity contribution in [2.75, 3.05) is 13.3 Å². The van der Waals surface area contributed by atoms with Crippen molar-refractivity contribution >= 4 is 38.3 Å². The van der Waals surface area contributed by atoms with Gasteiger partial charge in [-0.15, -0.1) is 0 Å². The van der Waals surface area contributed by atoms with Crippen molar-refractivity contribution in [3.05, 3.63) is 35.2 Å². The Morgan fingerprint density at radius 1 is 1.19 bits per heavy atom. The van der Waals surface area contributed by atoms with Crippen molar-refractivity contribution in [3.63, 3.8) is 0 Å². The highest BCUT2D eigenvalue weighted by Gasteiger charge is 2.09. The zero-order valence-electron chi connectivity index (χ0n) is 8.92. The van der Waals surface area contributed by atoms with Crippen LogP contribution in [-0.4, -0.2) is 21.7 Å². The first kappa shape index (κ1) is 13.5. The molecule has 0 fully saturated rings. The summed E-state index contributed by atoms with van der Waals surface area (Å²) in [6, 6.07) is 6.85. The number of hydrogen-bond donors (Lipinski definition) is 0. The average Bonchev–Trinajstić information content (AvgIpc) is 2.13. The minimum Gasteiger partial charge on any atom is -0.319 e. The summed E-state index contributed by atoms with van der Waals surface area (Å²) in [6.07, 6.45) is 1.39. The molecule has 0 amide bonds. The second-order valence-corrected chi connectivity index (χ2v) is 9.45. The van der Waals surface area contributed by atoms with Crippen LogP contribution in [0.2, 0.25) is 0 Å². The molecule has 0 N–H and O–H groups in total. The zero-order chi connectivity index (χ0) is 12.4. The Bertz CT molecular complexity index is 540. The number of benzene rings is 1. The fourth-order valence-corrected chi connectivity index (χ4v) is 2.45. The standard InChI is InChI=1S/C10H12ClO3PS/c1-15(2,12)10-5-3-9(4-6-10)7-8-16(11,13)14/h3-8H,1-2H3/b8-7+. The van der Waals surface area contributed by atoms with Gasteiger partial charge in [-0.1, -0.05) is 24.3 Å². The van der Waals surface area contributed by atoms with Crippen molar-refractivity contribution in [1.82, 2.24) is 0 Å². The highest BCUT2D eigenvalue weighted by molar-refractivity contribution is 8.16. The van der Waals surface area contributed by atoms with Gasteiger partial charge in [0.2, 0.25) is 0 Å². The van der Waals surface area contributed by atoms with Crippen molar-refractivity contribution in [2.45, 2.75) is 0 Å². The lowest BCUT2D eigenvalue weighted by molar-refractivity contribution is 0.588. The predicted molar refractivity (Wildman–Crippen MR) is 69.3 cm³/mol. The van der Waals surface area contributed by atoms with Crippen LogP contribution in [0, 0.1) is 0 Å². The maximum atomic E-state index is 11.7. The fourth-order valence-electron chi connectivity index (χ4n) is 1.10. The van der Waals surface area contributed by atoms with Gasteiger partial charge in [-0.05, 0) is 25.0 Å². The van der Waals surface area contributed by atoms with E-state index in [0.29, 0.717) is 5.56 Å². The second-order valence-electron chi connectivity index (χ2n) is 3.72. The van der Waals surface area contributed by atoms with Gasteiger partial charge in [0.05, 0.1) is 0 Å². The van der Waals surface area contributed by atoms with Gasteiger partial charge in [0.25, 0.3) is 9.05 Å². The Labute approximate surface area is 99.9 Å². The average molecular weight is 279 g/mol. The largest absolute Gasteiger partial charge is 0.319 e. The molecule has 1 rings (SSSR count). The first-order chi connectivity index (χ1) is 7.18. The van der Waals surface area contributed by atoms with E-state index in [1.54, 1.807) is 37.6 Å². The van der Waals surface area contributed by atoms with E-state index in [0.717, 1.165) is 10.7 Å². The van der Waals surface area contributed by atoms with E-state index >= 15 is 0 Å². The Hall–Kier alpha value is -0.570. The summed E-state index contributed by atoms with van der Waals surface area (Å²) in [6.45, 7) is 3.36. The monoisotopic (exact) mass is 278 g/mol. The molecular formula is C10H12ClO3PS. The Balaban J connectivity index is 2.97. The predicted octanol–water partition coefficient (Wildman–Crippen LogP) is 2.47. The highest BCUT2D eigenvalue weighted by atomic mass is 35.7. The van der Waals surface area contributed by atoms with Crippen molar-refractivity contribution < 1.29 is 13.0 Å². The number of halogens is 1. The van der Waals surface area contributed by atoms with Crippen LogP contribution in [-0.2, 0) is 13.6 Å². The normalized spacial score (nSPS) is 13.2. The third-order valence-corrected chi connectivity index (χ3v) is 4.25. The van der Waals surface area contributed by atoms with Gasteiger partial charge in [0.1, 0.15) is 7.14 Å². The quantitative estimate of drug-likeness (QED) is 0.630. The maximum Gasteiger partial charge on any atom is 0.254 e. The van der Waals surface area contributed by atoms with E-state index in [1.165, 1.54) is 6.08 Å². The zero-order valence-corrected chi connectivity index (χ0v) is 11.4. The Morgan fingerprint density at radius 3 is 2.06 bits per heavy atom. The molecule has 6 heteroatoms. The summed E-state index contributed by atoms with van der Waals surface area (Å²) in [4.78, 5) is 0. The first-order valence-electron chi connectivity index (χ1n) is 4.47. The molecule has 0 spiro atoms. The minimum absolute atomic E-state index is 0.696. The molecule has 16 heavy (non-hydrogen) atoms. The van der Waals surface area contributed by atoms with Gasteiger partial charge in [0, 0.05) is 21.4 Å². The third-order valence-electron chi connectivity index (χ3n) is 1.94. The molecule has 0 aliphatic heterocycles. The summed E-state index contributed by atoms with van der Waals surface area (Å²) in [7, 11) is -0.854. The summed E-state index contributed by atoms with van der Waals surface area (Å²) in [5.74, 6) is 0. The topological polar surface area (TPSA) is 51.2 Å².